The molecule has 2 rings (SSSR count). The van der Waals surface area contributed by atoms with Crippen molar-refractivity contribution in [2.24, 2.45) is 0 Å². The molecule has 2 amide bonds. The Morgan fingerprint density at radius 3 is 2.67 bits per heavy atom. The normalized spacial score (nSPS) is 19.0. The second-order valence-corrected chi connectivity index (χ2v) is 5.34. The van der Waals surface area contributed by atoms with Gasteiger partial charge in [0.2, 0.25) is 11.8 Å². The first-order valence-corrected chi connectivity index (χ1v) is 7.36. The number of allylic oxidation sites excluding steroid dienone is 1. The Hall–Kier alpha value is -2.10. The van der Waals surface area contributed by atoms with Crippen molar-refractivity contribution in [1.29, 1.82) is 0 Å². The van der Waals surface area contributed by atoms with Gasteiger partial charge in [-0.1, -0.05) is 31.2 Å². The number of hydrogen-bond acceptors (Lipinski definition) is 2. The van der Waals surface area contributed by atoms with E-state index in [2.05, 4.69) is 0 Å². The molecular weight excluding hydrogens is 264 g/mol. The number of carbonyl (C=O) groups excluding carboxylic acids is 2. The summed E-state index contributed by atoms with van der Waals surface area (Å²) in [4.78, 5) is 28.2. The maximum Gasteiger partial charge on any atom is 0.249 e. The van der Waals surface area contributed by atoms with Crippen LogP contribution in [0.5, 0.6) is 0 Å². The van der Waals surface area contributed by atoms with E-state index < -0.39 is 0 Å². The molecule has 1 saturated heterocycles. The van der Waals surface area contributed by atoms with Crippen LogP contribution in [-0.4, -0.2) is 36.3 Å². The molecule has 1 atom stereocenters. The molecule has 4 nitrogen and oxygen atoms in total. The third kappa shape index (κ3) is 3.15. The highest BCUT2D eigenvalue weighted by Crippen LogP contribution is 2.24. The highest BCUT2D eigenvalue weighted by molar-refractivity contribution is 6.03. The molecule has 1 fully saturated rings. The summed E-state index contributed by atoms with van der Waals surface area (Å²) in [6, 6.07) is 9.24. The average Bonchev–Trinajstić information content (AvgIpc) is 2.88. The van der Waals surface area contributed by atoms with Crippen molar-refractivity contribution in [3.63, 3.8) is 0 Å². The van der Waals surface area contributed by atoms with Gasteiger partial charge in [-0.25, -0.2) is 0 Å². The van der Waals surface area contributed by atoms with E-state index in [4.69, 9.17) is 0 Å². The zero-order chi connectivity index (χ0) is 15.4. The van der Waals surface area contributed by atoms with Gasteiger partial charge in [-0.05, 0) is 31.9 Å². The zero-order valence-corrected chi connectivity index (χ0v) is 12.9. The van der Waals surface area contributed by atoms with Crippen molar-refractivity contribution in [3.05, 3.63) is 42.0 Å². The number of nitrogens with zero attached hydrogens (tertiary/aromatic N) is 2. The number of carbonyl (C=O) groups is 2. The molecule has 0 N–H and O–H groups in total. The molecule has 0 saturated carbocycles. The van der Waals surface area contributed by atoms with Gasteiger partial charge < -0.3 is 9.80 Å². The van der Waals surface area contributed by atoms with Gasteiger partial charge in [0.15, 0.2) is 0 Å². The molecule has 1 aromatic rings. The van der Waals surface area contributed by atoms with Crippen LogP contribution in [0, 0.1) is 0 Å². The minimum atomic E-state index is -0.363. The summed E-state index contributed by atoms with van der Waals surface area (Å²) < 4.78 is 0. The summed E-state index contributed by atoms with van der Waals surface area (Å²) in [5.41, 5.74) is 1.60. The number of hydrogen-bond donors (Lipinski definition) is 0. The van der Waals surface area contributed by atoms with Crippen LogP contribution in [0.2, 0.25) is 0 Å². The first kappa shape index (κ1) is 15.3. The first-order chi connectivity index (χ1) is 10.1. The van der Waals surface area contributed by atoms with Gasteiger partial charge in [0.1, 0.15) is 6.04 Å². The zero-order valence-electron chi connectivity index (χ0n) is 12.9. The lowest BCUT2D eigenvalue weighted by Crippen LogP contribution is -2.43. The van der Waals surface area contributed by atoms with Gasteiger partial charge in [-0.15, -0.1) is 0 Å². The van der Waals surface area contributed by atoms with Gasteiger partial charge in [0, 0.05) is 24.9 Å². The van der Waals surface area contributed by atoms with Crippen molar-refractivity contribution in [2.45, 2.75) is 32.7 Å². The van der Waals surface area contributed by atoms with E-state index in [9.17, 15) is 9.59 Å². The van der Waals surface area contributed by atoms with Crippen LogP contribution in [0.15, 0.2) is 42.0 Å². The van der Waals surface area contributed by atoms with Crippen molar-refractivity contribution in [1.82, 2.24) is 4.90 Å². The second-order valence-electron chi connectivity index (χ2n) is 5.34. The minimum Gasteiger partial charge on any atom is -0.330 e. The molecule has 0 radical (unpaired) electrons. The molecule has 21 heavy (non-hydrogen) atoms. The van der Waals surface area contributed by atoms with E-state index in [-0.39, 0.29) is 17.9 Å². The lowest BCUT2D eigenvalue weighted by Gasteiger charge is -2.24. The van der Waals surface area contributed by atoms with Crippen LogP contribution >= 0.6 is 0 Å². The SMILES string of the molecule is CCC=C(C)C(=O)N(C)C1CCN(c2ccccc2)C1=O. The fraction of sp³-hybridized carbons (Fsp3) is 0.412. The molecule has 1 aliphatic rings. The molecule has 4 heteroatoms. The van der Waals surface area contributed by atoms with E-state index >= 15 is 0 Å². The molecule has 0 spiro atoms. The summed E-state index contributed by atoms with van der Waals surface area (Å²) in [6.07, 6.45) is 3.39. The van der Waals surface area contributed by atoms with Gasteiger partial charge in [0.25, 0.3) is 0 Å². The number of benzene rings is 1. The maximum absolute atomic E-state index is 12.5. The maximum atomic E-state index is 12.5. The lowest BCUT2D eigenvalue weighted by atomic mass is 10.1. The molecule has 0 bridgehead atoms. The molecule has 1 aliphatic heterocycles. The summed E-state index contributed by atoms with van der Waals surface area (Å²) in [6.45, 7) is 4.45. The van der Waals surface area contributed by atoms with Crippen LogP contribution in [-0.2, 0) is 9.59 Å². The van der Waals surface area contributed by atoms with Crippen molar-refractivity contribution < 1.29 is 9.59 Å². The highest BCUT2D eigenvalue weighted by Gasteiger charge is 2.37. The Kier molecular flexibility index (Phi) is 4.78. The summed E-state index contributed by atoms with van der Waals surface area (Å²) in [5.74, 6) is -0.0635. The van der Waals surface area contributed by atoms with E-state index in [0.717, 1.165) is 12.1 Å². The Bertz CT molecular complexity index is 551. The van der Waals surface area contributed by atoms with Gasteiger partial charge >= 0.3 is 0 Å². The van der Waals surface area contributed by atoms with Crippen LogP contribution in [0.25, 0.3) is 0 Å². The predicted molar refractivity (Wildman–Crippen MR) is 84.0 cm³/mol. The average molecular weight is 286 g/mol. The van der Waals surface area contributed by atoms with Gasteiger partial charge in [0.05, 0.1) is 0 Å². The van der Waals surface area contributed by atoms with Gasteiger partial charge in [-0.3, -0.25) is 9.59 Å². The largest absolute Gasteiger partial charge is 0.330 e. The van der Waals surface area contributed by atoms with E-state index in [1.54, 1.807) is 23.8 Å². The quantitative estimate of drug-likeness (QED) is 0.798. The molecule has 1 aromatic carbocycles. The van der Waals surface area contributed by atoms with Crippen molar-refractivity contribution in [2.75, 3.05) is 18.5 Å². The predicted octanol–water partition coefficient (Wildman–Crippen LogP) is 2.61. The third-order valence-electron chi connectivity index (χ3n) is 3.88. The number of para-hydroxylation sites is 1. The monoisotopic (exact) mass is 286 g/mol. The molecular formula is C17H22N2O2. The van der Waals surface area contributed by atoms with Crippen molar-refractivity contribution in [3.8, 4) is 0 Å². The Labute approximate surface area is 126 Å². The fourth-order valence-electron chi connectivity index (χ4n) is 2.70. The van der Waals surface area contributed by atoms with E-state index in [1.807, 2.05) is 43.3 Å². The van der Waals surface area contributed by atoms with Crippen LogP contribution in [0.4, 0.5) is 5.69 Å². The first-order valence-electron chi connectivity index (χ1n) is 7.36. The summed E-state index contributed by atoms with van der Waals surface area (Å²) in [7, 11) is 1.71. The lowest BCUT2D eigenvalue weighted by molar-refractivity contribution is -0.133. The minimum absolute atomic E-state index is 0.00125. The molecule has 0 aliphatic carbocycles. The van der Waals surface area contributed by atoms with Crippen LogP contribution in [0.3, 0.4) is 0 Å². The van der Waals surface area contributed by atoms with Crippen LogP contribution in [0.1, 0.15) is 26.7 Å². The number of likely N-dealkylation sites (N-methyl/N-ethyl adjacent to an activating group) is 1. The second kappa shape index (κ2) is 6.57. The van der Waals surface area contributed by atoms with E-state index in [0.29, 0.717) is 18.5 Å². The Morgan fingerprint density at radius 2 is 2.05 bits per heavy atom. The van der Waals surface area contributed by atoms with Crippen molar-refractivity contribution >= 4 is 17.5 Å². The third-order valence-corrected chi connectivity index (χ3v) is 3.88. The number of anilines is 1. The number of amides is 2. The topological polar surface area (TPSA) is 40.6 Å². The molecule has 1 heterocycles. The summed E-state index contributed by atoms with van der Waals surface area (Å²) >= 11 is 0. The van der Waals surface area contributed by atoms with E-state index in [1.165, 1.54) is 0 Å². The Balaban J connectivity index is 2.11. The molecule has 0 aromatic heterocycles. The molecule has 1 unspecified atom stereocenters. The molecule has 112 valence electrons. The number of rotatable bonds is 4. The van der Waals surface area contributed by atoms with Gasteiger partial charge in [-0.2, -0.15) is 0 Å². The summed E-state index contributed by atoms with van der Waals surface area (Å²) in [5, 5.41) is 0. The highest BCUT2D eigenvalue weighted by atomic mass is 16.2. The van der Waals surface area contributed by atoms with Crippen LogP contribution < -0.4 is 4.90 Å². The smallest absolute Gasteiger partial charge is 0.249 e. The fourth-order valence-corrected chi connectivity index (χ4v) is 2.70. The standard InChI is InChI=1S/C17H22N2O2/c1-4-8-13(2)16(20)18(3)15-11-12-19(17(15)21)14-9-6-5-7-10-14/h5-10,15H,4,11-12H2,1-3H3. The Morgan fingerprint density at radius 1 is 1.38 bits per heavy atom.